The van der Waals surface area contributed by atoms with Gasteiger partial charge in [-0.1, -0.05) is 20.8 Å². The van der Waals surface area contributed by atoms with Crippen molar-refractivity contribution in [3.05, 3.63) is 0 Å². The summed E-state index contributed by atoms with van der Waals surface area (Å²) >= 11 is 1.02. The Labute approximate surface area is 87.7 Å². The first-order valence-electron chi connectivity index (χ1n) is 4.51. The lowest BCUT2D eigenvalue weighted by Crippen LogP contribution is -2.28. The van der Waals surface area contributed by atoms with Crippen LogP contribution in [0, 0.1) is 5.92 Å². The molecule has 0 bridgehead atoms. The Morgan fingerprint density at radius 3 is 1.93 bits per heavy atom. The molecule has 0 aliphatic carbocycles. The van der Waals surface area contributed by atoms with Gasteiger partial charge in [0, 0.05) is 0 Å². The predicted octanol–water partition coefficient (Wildman–Crippen LogP) is 1.69. The van der Waals surface area contributed by atoms with E-state index in [9.17, 15) is 9.59 Å². The van der Waals surface area contributed by atoms with Crippen molar-refractivity contribution in [1.82, 2.24) is 0 Å². The molecule has 0 radical (unpaired) electrons. The van der Waals surface area contributed by atoms with Crippen LogP contribution < -0.4 is 0 Å². The maximum atomic E-state index is 10.8. The van der Waals surface area contributed by atoms with Crippen LogP contribution in [0.15, 0.2) is 0 Å². The van der Waals surface area contributed by atoms with Crippen molar-refractivity contribution < 1.29 is 19.8 Å². The number of hydrogen-bond donors (Lipinski definition) is 2. The number of carboxylic acids is 2. The molecule has 82 valence electrons. The van der Waals surface area contributed by atoms with Gasteiger partial charge >= 0.3 is 11.9 Å². The Hall–Kier alpha value is -0.710. The van der Waals surface area contributed by atoms with E-state index in [1.807, 2.05) is 0 Å². The molecule has 2 N–H and O–H groups in total. The third-order valence-corrected chi connectivity index (χ3v) is 3.71. The number of carboxylic acid groups (broad SMARTS) is 2. The second-order valence-electron chi connectivity index (χ2n) is 3.37. The lowest BCUT2D eigenvalue weighted by atomic mass is 10.1. The van der Waals surface area contributed by atoms with Gasteiger partial charge in [-0.25, -0.2) is 0 Å². The van der Waals surface area contributed by atoms with Crippen LogP contribution in [0.3, 0.4) is 0 Å². The average molecular weight is 220 g/mol. The molecular weight excluding hydrogens is 204 g/mol. The molecule has 0 saturated carbocycles. The fraction of sp³-hybridized carbons (Fsp3) is 0.778. The van der Waals surface area contributed by atoms with Gasteiger partial charge in [0.15, 0.2) is 0 Å². The summed E-state index contributed by atoms with van der Waals surface area (Å²) in [5.74, 6) is -1.94. The first-order valence-corrected chi connectivity index (χ1v) is 5.45. The Morgan fingerprint density at radius 2 is 1.71 bits per heavy atom. The molecule has 14 heavy (non-hydrogen) atoms. The molecular formula is C9H16O4S. The maximum Gasteiger partial charge on any atom is 0.316 e. The zero-order valence-corrected chi connectivity index (χ0v) is 9.37. The molecule has 2 unspecified atom stereocenters. The van der Waals surface area contributed by atoms with Crippen LogP contribution in [0.25, 0.3) is 0 Å². The van der Waals surface area contributed by atoms with Crippen LogP contribution in [-0.2, 0) is 9.59 Å². The number of carbonyl (C=O) groups is 2. The topological polar surface area (TPSA) is 74.6 Å². The van der Waals surface area contributed by atoms with E-state index < -0.39 is 22.4 Å². The van der Waals surface area contributed by atoms with Crippen molar-refractivity contribution >= 4 is 23.7 Å². The number of thioether (sulfide) groups is 1. The summed E-state index contributed by atoms with van der Waals surface area (Å²) in [6.45, 7) is 5.30. The van der Waals surface area contributed by atoms with E-state index in [0.29, 0.717) is 6.42 Å². The van der Waals surface area contributed by atoms with E-state index in [-0.39, 0.29) is 5.92 Å². The fourth-order valence-electron chi connectivity index (χ4n) is 1.01. The van der Waals surface area contributed by atoms with Gasteiger partial charge in [-0.15, -0.1) is 11.8 Å². The standard InChI is InChI=1S/C9H16O4S/c1-4-6(8(10)11)14-7(5(2)3)9(12)13/h5-7H,4H2,1-3H3,(H,10,11)(H,12,13). The highest BCUT2D eigenvalue weighted by Crippen LogP contribution is 2.26. The van der Waals surface area contributed by atoms with Crippen LogP contribution in [0.1, 0.15) is 27.2 Å². The zero-order chi connectivity index (χ0) is 11.3. The monoisotopic (exact) mass is 220 g/mol. The molecule has 0 fully saturated rings. The second-order valence-corrected chi connectivity index (χ2v) is 4.72. The predicted molar refractivity (Wildman–Crippen MR) is 55.6 cm³/mol. The molecule has 0 aliphatic heterocycles. The van der Waals surface area contributed by atoms with Crippen LogP contribution >= 0.6 is 11.8 Å². The molecule has 0 spiro atoms. The van der Waals surface area contributed by atoms with E-state index in [1.165, 1.54) is 0 Å². The van der Waals surface area contributed by atoms with Crippen LogP contribution in [0.5, 0.6) is 0 Å². The highest BCUT2D eigenvalue weighted by molar-refractivity contribution is 8.01. The van der Waals surface area contributed by atoms with Crippen molar-refractivity contribution in [2.45, 2.75) is 37.7 Å². The summed E-state index contributed by atoms with van der Waals surface area (Å²) in [5.41, 5.74) is 0. The number of hydrogen-bond acceptors (Lipinski definition) is 3. The van der Waals surface area contributed by atoms with Gasteiger partial charge in [-0.2, -0.15) is 0 Å². The Kier molecular flexibility index (Phi) is 5.60. The quantitative estimate of drug-likeness (QED) is 0.712. The summed E-state index contributed by atoms with van der Waals surface area (Å²) in [4.78, 5) is 21.5. The summed E-state index contributed by atoms with van der Waals surface area (Å²) < 4.78 is 0. The van der Waals surface area contributed by atoms with Crippen molar-refractivity contribution in [2.75, 3.05) is 0 Å². The molecule has 0 aromatic carbocycles. The van der Waals surface area contributed by atoms with Gasteiger partial charge in [0.25, 0.3) is 0 Å². The minimum absolute atomic E-state index is 0.0640. The smallest absolute Gasteiger partial charge is 0.316 e. The molecule has 0 rings (SSSR count). The first-order chi connectivity index (χ1) is 6.40. The largest absolute Gasteiger partial charge is 0.480 e. The highest BCUT2D eigenvalue weighted by Gasteiger charge is 2.28. The lowest BCUT2D eigenvalue weighted by molar-refractivity contribution is -0.137. The Balaban J connectivity index is 4.41. The van der Waals surface area contributed by atoms with Crippen LogP contribution in [0.2, 0.25) is 0 Å². The average Bonchev–Trinajstić information content (AvgIpc) is 2.03. The van der Waals surface area contributed by atoms with Gasteiger partial charge < -0.3 is 10.2 Å². The molecule has 0 amide bonds. The third-order valence-electron chi connectivity index (χ3n) is 1.81. The maximum absolute atomic E-state index is 10.8. The minimum Gasteiger partial charge on any atom is -0.480 e. The minimum atomic E-state index is -0.940. The molecule has 2 atom stereocenters. The van der Waals surface area contributed by atoms with Gasteiger partial charge in [0.2, 0.25) is 0 Å². The number of rotatable bonds is 6. The fourth-order valence-corrected chi connectivity index (χ4v) is 2.10. The van der Waals surface area contributed by atoms with E-state index in [2.05, 4.69) is 0 Å². The normalized spacial score (nSPS) is 15.1. The summed E-state index contributed by atoms with van der Waals surface area (Å²) in [7, 11) is 0. The van der Waals surface area contributed by atoms with Crippen molar-refractivity contribution in [2.24, 2.45) is 5.92 Å². The molecule has 0 aromatic heterocycles. The summed E-state index contributed by atoms with van der Waals surface area (Å²) in [5, 5.41) is 16.4. The second kappa shape index (κ2) is 5.90. The molecule has 0 aromatic rings. The van der Waals surface area contributed by atoms with Gasteiger partial charge in [-0.05, 0) is 12.3 Å². The third kappa shape index (κ3) is 4.00. The van der Waals surface area contributed by atoms with Crippen molar-refractivity contribution in [3.63, 3.8) is 0 Å². The summed E-state index contributed by atoms with van der Waals surface area (Å²) in [6, 6.07) is 0. The first kappa shape index (κ1) is 13.3. The number of aliphatic carboxylic acids is 2. The molecule has 4 nitrogen and oxygen atoms in total. The zero-order valence-electron chi connectivity index (χ0n) is 8.56. The highest BCUT2D eigenvalue weighted by atomic mass is 32.2. The van der Waals surface area contributed by atoms with Crippen molar-refractivity contribution in [3.8, 4) is 0 Å². The van der Waals surface area contributed by atoms with Gasteiger partial charge in [0.05, 0.1) is 0 Å². The SMILES string of the molecule is CCC(SC(C(=O)O)C(C)C)C(=O)O. The Bertz CT molecular complexity index is 215. The van der Waals surface area contributed by atoms with E-state index in [0.717, 1.165) is 11.8 Å². The molecule has 0 heterocycles. The molecule has 5 heteroatoms. The van der Waals surface area contributed by atoms with Crippen LogP contribution in [-0.4, -0.2) is 32.7 Å². The van der Waals surface area contributed by atoms with E-state index in [4.69, 9.17) is 10.2 Å². The Morgan fingerprint density at radius 1 is 1.21 bits per heavy atom. The molecule has 0 aliphatic rings. The van der Waals surface area contributed by atoms with Gasteiger partial charge in [-0.3, -0.25) is 9.59 Å². The van der Waals surface area contributed by atoms with E-state index in [1.54, 1.807) is 20.8 Å². The van der Waals surface area contributed by atoms with Crippen molar-refractivity contribution in [1.29, 1.82) is 0 Å². The van der Waals surface area contributed by atoms with Gasteiger partial charge in [0.1, 0.15) is 10.5 Å². The lowest BCUT2D eigenvalue weighted by Gasteiger charge is -2.19. The summed E-state index contributed by atoms with van der Waals surface area (Å²) in [6.07, 6.45) is 0.441. The molecule has 0 saturated heterocycles. The van der Waals surface area contributed by atoms with Crippen LogP contribution in [0.4, 0.5) is 0 Å². The van der Waals surface area contributed by atoms with E-state index >= 15 is 0 Å².